The first-order valence-corrected chi connectivity index (χ1v) is 6.18. The van der Waals surface area contributed by atoms with E-state index in [-0.39, 0.29) is 5.84 Å². The van der Waals surface area contributed by atoms with E-state index in [0.29, 0.717) is 12.5 Å². The van der Waals surface area contributed by atoms with Crippen LogP contribution >= 0.6 is 11.3 Å². The van der Waals surface area contributed by atoms with E-state index in [9.17, 15) is 0 Å². The zero-order valence-corrected chi connectivity index (χ0v) is 10.5. The van der Waals surface area contributed by atoms with E-state index in [2.05, 4.69) is 36.5 Å². The molecular formula is C11H19N3OS. The monoisotopic (exact) mass is 241 g/mol. The van der Waals surface area contributed by atoms with Crippen molar-refractivity contribution in [2.45, 2.75) is 32.7 Å². The molecule has 4 nitrogen and oxygen atoms in total. The second-order valence-corrected chi connectivity index (χ2v) is 5.29. The van der Waals surface area contributed by atoms with E-state index in [4.69, 9.17) is 10.9 Å². The van der Waals surface area contributed by atoms with Gasteiger partial charge >= 0.3 is 0 Å². The fourth-order valence-electron chi connectivity index (χ4n) is 1.47. The minimum atomic E-state index is 0.270. The minimum absolute atomic E-state index is 0.270. The highest BCUT2D eigenvalue weighted by Crippen LogP contribution is 2.16. The molecule has 5 heteroatoms. The van der Waals surface area contributed by atoms with Gasteiger partial charge in [0.25, 0.3) is 0 Å². The van der Waals surface area contributed by atoms with E-state index < -0.39 is 0 Å². The molecule has 1 rings (SSSR count). The summed E-state index contributed by atoms with van der Waals surface area (Å²) in [7, 11) is 0. The summed E-state index contributed by atoms with van der Waals surface area (Å²) in [5.74, 6) is 0.270. The van der Waals surface area contributed by atoms with Gasteiger partial charge in [-0.2, -0.15) is 0 Å². The SMILES string of the molecule is Cc1ccc(CC(C)NCCC(N)=NO)s1. The zero-order chi connectivity index (χ0) is 12.0. The Morgan fingerprint density at radius 2 is 2.38 bits per heavy atom. The van der Waals surface area contributed by atoms with Crippen LogP contribution in [0.5, 0.6) is 0 Å². The Balaban J connectivity index is 2.23. The van der Waals surface area contributed by atoms with Crippen LogP contribution in [-0.2, 0) is 6.42 Å². The summed E-state index contributed by atoms with van der Waals surface area (Å²) in [6, 6.07) is 4.72. The number of rotatable bonds is 6. The van der Waals surface area contributed by atoms with Gasteiger partial charge in [-0.15, -0.1) is 11.3 Å². The molecule has 0 aromatic carbocycles. The molecule has 0 bridgehead atoms. The molecule has 0 aliphatic carbocycles. The van der Waals surface area contributed by atoms with Crippen LogP contribution in [0.3, 0.4) is 0 Å². The van der Waals surface area contributed by atoms with Crippen LogP contribution < -0.4 is 11.1 Å². The first-order valence-electron chi connectivity index (χ1n) is 5.37. The molecule has 0 radical (unpaired) electrons. The Kier molecular flexibility index (Phi) is 5.28. The number of aryl methyl sites for hydroxylation is 1. The van der Waals surface area contributed by atoms with Crippen molar-refractivity contribution in [1.82, 2.24) is 5.32 Å². The van der Waals surface area contributed by atoms with E-state index >= 15 is 0 Å². The molecule has 0 spiro atoms. The molecule has 4 N–H and O–H groups in total. The Hall–Kier alpha value is -1.07. The summed E-state index contributed by atoms with van der Waals surface area (Å²) in [6.07, 6.45) is 1.60. The summed E-state index contributed by atoms with van der Waals surface area (Å²) >= 11 is 1.83. The molecule has 0 saturated heterocycles. The van der Waals surface area contributed by atoms with Gasteiger partial charge in [-0.05, 0) is 32.4 Å². The van der Waals surface area contributed by atoms with Crippen LogP contribution in [0.1, 0.15) is 23.1 Å². The van der Waals surface area contributed by atoms with Gasteiger partial charge in [0.15, 0.2) is 0 Å². The quantitative estimate of drug-likeness (QED) is 0.307. The summed E-state index contributed by atoms with van der Waals surface area (Å²) in [4.78, 5) is 2.74. The standard InChI is InChI=1S/C11H19N3OS/c1-8(13-6-5-11(12)14-15)7-10-4-3-9(2)16-10/h3-4,8,13,15H,5-7H2,1-2H3,(H2,12,14). The van der Waals surface area contributed by atoms with Crippen LogP contribution in [0.2, 0.25) is 0 Å². The summed E-state index contributed by atoms with van der Waals surface area (Å²) in [5, 5.41) is 14.6. The summed E-state index contributed by atoms with van der Waals surface area (Å²) in [6.45, 7) is 4.99. The summed E-state index contributed by atoms with van der Waals surface area (Å²) in [5.41, 5.74) is 5.38. The number of nitrogens with zero attached hydrogens (tertiary/aromatic N) is 1. The third-order valence-corrected chi connectivity index (χ3v) is 3.33. The van der Waals surface area contributed by atoms with Gasteiger partial charge in [-0.1, -0.05) is 5.16 Å². The molecule has 1 aromatic rings. The highest BCUT2D eigenvalue weighted by Gasteiger charge is 2.04. The number of amidine groups is 1. The van der Waals surface area contributed by atoms with Crippen molar-refractivity contribution in [1.29, 1.82) is 0 Å². The lowest BCUT2D eigenvalue weighted by Gasteiger charge is -2.12. The lowest BCUT2D eigenvalue weighted by atomic mass is 10.2. The van der Waals surface area contributed by atoms with E-state index in [1.54, 1.807) is 0 Å². The molecule has 0 saturated carbocycles. The molecule has 1 unspecified atom stereocenters. The zero-order valence-electron chi connectivity index (χ0n) is 9.73. The van der Waals surface area contributed by atoms with Crippen molar-refractivity contribution < 1.29 is 5.21 Å². The summed E-state index contributed by atoms with van der Waals surface area (Å²) < 4.78 is 0. The average molecular weight is 241 g/mol. The van der Waals surface area contributed by atoms with Crippen LogP contribution in [0.25, 0.3) is 0 Å². The predicted molar refractivity (Wildman–Crippen MR) is 68.3 cm³/mol. The van der Waals surface area contributed by atoms with Crippen LogP contribution in [0, 0.1) is 6.92 Å². The first-order chi connectivity index (χ1) is 7.61. The number of hydrogen-bond acceptors (Lipinski definition) is 4. The number of oxime groups is 1. The fourth-order valence-corrected chi connectivity index (χ4v) is 2.48. The maximum atomic E-state index is 8.37. The second-order valence-electron chi connectivity index (χ2n) is 3.91. The highest BCUT2D eigenvalue weighted by atomic mass is 32.1. The number of thiophene rings is 1. The maximum Gasteiger partial charge on any atom is 0.140 e. The lowest BCUT2D eigenvalue weighted by molar-refractivity contribution is 0.316. The Morgan fingerprint density at radius 1 is 1.62 bits per heavy atom. The Bertz CT molecular complexity index is 349. The van der Waals surface area contributed by atoms with Crippen LogP contribution in [0.4, 0.5) is 0 Å². The average Bonchev–Trinajstić information content (AvgIpc) is 2.63. The topological polar surface area (TPSA) is 70.6 Å². The van der Waals surface area contributed by atoms with E-state index in [1.165, 1.54) is 9.75 Å². The van der Waals surface area contributed by atoms with Gasteiger partial charge < -0.3 is 16.3 Å². The largest absolute Gasteiger partial charge is 0.409 e. The van der Waals surface area contributed by atoms with Gasteiger partial charge in [-0.25, -0.2) is 0 Å². The van der Waals surface area contributed by atoms with E-state index in [1.807, 2.05) is 11.3 Å². The molecule has 16 heavy (non-hydrogen) atoms. The molecular weight excluding hydrogens is 222 g/mol. The van der Waals surface area contributed by atoms with Gasteiger partial charge in [0.2, 0.25) is 0 Å². The van der Waals surface area contributed by atoms with Crippen molar-refractivity contribution in [3.63, 3.8) is 0 Å². The molecule has 0 aliphatic heterocycles. The molecule has 0 amide bonds. The molecule has 1 atom stereocenters. The first kappa shape index (κ1) is 13.0. The molecule has 0 aliphatic rings. The minimum Gasteiger partial charge on any atom is -0.409 e. The molecule has 90 valence electrons. The van der Waals surface area contributed by atoms with Gasteiger partial charge in [0.05, 0.1) is 0 Å². The Labute approximate surface area is 100 Å². The normalized spacial score (nSPS) is 14.0. The molecule has 1 aromatic heterocycles. The number of nitrogens with one attached hydrogen (secondary N) is 1. The van der Waals surface area contributed by atoms with Crippen LogP contribution in [0.15, 0.2) is 17.3 Å². The van der Waals surface area contributed by atoms with Crippen molar-refractivity contribution >= 4 is 17.2 Å². The third kappa shape index (κ3) is 4.63. The lowest BCUT2D eigenvalue weighted by Crippen LogP contribution is -2.31. The van der Waals surface area contributed by atoms with Crippen LogP contribution in [-0.4, -0.2) is 23.6 Å². The van der Waals surface area contributed by atoms with Crippen molar-refractivity contribution in [2.24, 2.45) is 10.9 Å². The highest BCUT2D eigenvalue weighted by molar-refractivity contribution is 7.11. The maximum absolute atomic E-state index is 8.37. The van der Waals surface area contributed by atoms with Gasteiger partial charge in [0, 0.05) is 28.8 Å². The fraction of sp³-hybridized carbons (Fsp3) is 0.545. The van der Waals surface area contributed by atoms with Gasteiger partial charge in [-0.3, -0.25) is 0 Å². The van der Waals surface area contributed by atoms with E-state index in [0.717, 1.165) is 13.0 Å². The second kappa shape index (κ2) is 6.50. The van der Waals surface area contributed by atoms with Crippen molar-refractivity contribution in [3.05, 3.63) is 21.9 Å². The Morgan fingerprint density at radius 3 is 2.94 bits per heavy atom. The predicted octanol–water partition coefficient (Wildman–Crippen LogP) is 1.71. The van der Waals surface area contributed by atoms with Crippen molar-refractivity contribution in [2.75, 3.05) is 6.54 Å². The van der Waals surface area contributed by atoms with Crippen molar-refractivity contribution in [3.8, 4) is 0 Å². The third-order valence-electron chi connectivity index (χ3n) is 2.31. The van der Waals surface area contributed by atoms with Gasteiger partial charge in [0.1, 0.15) is 5.84 Å². The number of nitrogens with two attached hydrogens (primary N) is 1. The smallest absolute Gasteiger partial charge is 0.140 e. The number of hydrogen-bond donors (Lipinski definition) is 3. The molecule has 0 fully saturated rings. The molecule has 1 heterocycles.